The van der Waals surface area contributed by atoms with Gasteiger partial charge in [0.15, 0.2) is 0 Å². The van der Waals surface area contributed by atoms with Gasteiger partial charge in [0.25, 0.3) is 0 Å². The lowest BCUT2D eigenvalue weighted by molar-refractivity contribution is 0.0453. The summed E-state index contributed by atoms with van der Waals surface area (Å²) in [6.45, 7) is 0.172. The highest BCUT2D eigenvalue weighted by atomic mass is 127. The van der Waals surface area contributed by atoms with E-state index in [9.17, 15) is 4.39 Å². The van der Waals surface area contributed by atoms with Crippen LogP contribution in [0.4, 0.5) is 4.39 Å². The molecule has 3 heteroatoms. The maximum Gasteiger partial charge on any atom is 0.116 e. The number of halogens is 2. The minimum absolute atomic E-state index is 0.207. The van der Waals surface area contributed by atoms with E-state index in [1.165, 1.54) is 0 Å². The van der Waals surface area contributed by atoms with Crippen LogP contribution in [0.5, 0.6) is 0 Å². The summed E-state index contributed by atoms with van der Waals surface area (Å²) in [6.07, 6.45) is 4.51. The molecule has 0 fully saturated rings. The number of alkyl halides is 1. The third kappa shape index (κ3) is 2.91. The van der Waals surface area contributed by atoms with Gasteiger partial charge in [-0.25, -0.2) is 4.39 Å². The smallest absolute Gasteiger partial charge is 0.116 e. The molecule has 1 unspecified atom stereocenters. The summed E-state index contributed by atoms with van der Waals surface area (Å²) >= 11 is 2.15. The zero-order valence-corrected chi connectivity index (χ0v) is 8.25. The second kappa shape index (κ2) is 4.87. The van der Waals surface area contributed by atoms with Crippen LogP contribution >= 0.6 is 22.6 Å². The number of hydrogen-bond acceptors (Lipinski definition) is 1. The Hall–Kier alpha value is 0.1000. The summed E-state index contributed by atoms with van der Waals surface area (Å²) in [5, 5.41) is 0. The Bertz CT molecular complexity index is 177. The van der Waals surface area contributed by atoms with Crippen molar-refractivity contribution in [3.8, 4) is 0 Å². The lowest BCUT2D eigenvalue weighted by Gasteiger charge is -2.18. The standard InChI is InChI=1S/C8H10FIO/c9-5-8-2-1-7(3-4-10)6-11-8/h1,3-4,8H,2,5-6H2. The molecular formula is C8H10FIO. The first kappa shape index (κ1) is 9.19. The minimum atomic E-state index is -0.377. The van der Waals surface area contributed by atoms with Gasteiger partial charge in [0, 0.05) is 0 Å². The molecule has 0 aromatic heterocycles. The van der Waals surface area contributed by atoms with Crippen LogP contribution in [0, 0.1) is 0 Å². The van der Waals surface area contributed by atoms with Crippen molar-refractivity contribution in [1.29, 1.82) is 0 Å². The summed E-state index contributed by atoms with van der Waals surface area (Å²) in [5.74, 6) is 0. The predicted molar refractivity (Wildman–Crippen MR) is 51.6 cm³/mol. The SMILES string of the molecule is FCC1CC=C(C=CI)CO1. The van der Waals surface area contributed by atoms with Gasteiger partial charge < -0.3 is 4.74 Å². The van der Waals surface area contributed by atoms with Gasteiger partial charge in [-0.1, -0.05) is 34.7 Å². The first-order chi connectivity index (χ1) is 5.36. The van der Waals surface area contributed by atoms with E-state index in [4.69, 9.17) is 4.74 Å². The molecular weight excluding hydrogens is 258 g/mol. The second-order valence-corrected chi connectivity index (χ2v) is 3.11. The van der Waals surface area contributed by atoms with Crippen LogP contribution in [0.2, 0.25) is 0 Å². The maximum atomic E-state index is 12.0. The average molecular weight is 268 g/mol. The number of hydrogen-bond donors (Lipinski definition) is 0. The highest BCUT2D eigenvalue weighted by Crippen LogP contribution is 2.14. The lowest BCUT2D eigenvalue weighted by atomic mass is 10.1. The summed E-state index contributed by atoms with van der Waals surface area (Å²) in [6, 6.07) is 0. The van der Waals surface area contributed by atoms with Crippen molar-refractivity contribution in [2.45, 2.75) is 12.5 Å². The van der Waals surface area contributed by atoms with Gasteiger partial charge in [-0.3, -0.25) is 0 Å². The summed E-state index contributed by atoms with van der Waals surface area (Å²) in [4.78, 5) is 0. The van der Waals surface area contributed by atoms with Crippen molar-refractivity contribution in [3.05, 3.63) is 21.8 Å². The number of ether oxygens (including phenoxy) is 1. The fourth-order valence-electron chi connectivity index (χ4n) is 0.928. The summed E-state index contributed by atoms with van der Waals surface area (Å²) in [7, 11) is 0. The predicted octanol–water partition coefficient (Wildman–Crippen LogP) is 2.62. The Balaban J connectivity index is 2.43. The molecule has 0 aromatic rings. The summed E-state index contributed by atoms with van der Waals surface area (Å²) < 4.78 is 19.1. The van der Waals surface area contributed by atoms with Gasteiger partial charge in [-0.05, 0) is 16.1 Å². The fourth-order valence-corrected chi connectivity index (χ4v) is 1.39. The molecule has 1 aliphatic heterocycles. The Morgan fingerprint density at radius 2 is 2.64 bits per heavy atom. The zero-order valence-electron chi connectivity index (χ0n) is 6.09. The van der Waals surface area contributed by atoms with Crippen LogP contribution in [-0.4, -0.2) is 19.4 Å². The van der Waals surface area contributed by atoms with Gasteiger partial charge in [-0.15, -0.1) is 0 Å². The third-order valence-electron chi connectivity index (χ3n) is 1.58. The third-order valence-corrected chi connectivity index (χ3v) is 1.94. The molecule has 0 spiro atoms. The fraction of sp³-hybridized carbons (Fsp3) is 0.500. The highest BCUT2D eigenvalue weighted by molar-refractivity contribution is 14.1. The zero-order chi connectivity index (χ0) is 8.10. The second-order valence-electron chi connectivity index (χ2n) is 2.39. The summed E-state index contributed by atoms with van der Waals surface area (Å²) in [5.41, 5.74) is 1.14. The van der Waals surface area contributed by atoms with Crippen LogP contribution in [0.15, 0.2) is 21.8 Å². The van der Waals surface area contributed by atoms with E-state index in [0.29, 0.717) is 13.0 Å². The van der Waals surface area contributed by atoms with Crippen molar-refractivity contribution in [2.75, 3.05) is 13.3 Å². The highest BCUT2D eigenvalue weighted by Gasteiger charge is 2.12. The van der Waals surface area contributed by atoms with Crippen LogP contribution in [0.1, 0.15) is 6.42 Å². The van der Waals surface area contributed by atoms with Gasteiger partial charge in [0.2, 0.25) is 0 Å². The topological polar surface area (TPSA) is 9.23 Å². The van der Waals surface area contributed by atoms with Crippen LogP contribution in [0.3, 0.4) is 0 Å². The molecule has 0 bridgehead atoms. The molecule has 1 heterocycles. The van der Waals surface area contributed by atoms with Crippen molar-refractivity contribution in [3.63, 3.8) is 0 Å². The van der Waals surface area contributed by atoms with E-state index in [0.717, 1.165) is 5.57 Å². The normalized spacial score (nSPS) is 25.6. The first-order valence-electron chi connectivity index (χ1n) is 3.50. The Morgan fingerprint density at radius 3 is 3.09 bits per heavy atom. The van der Waals surface area contributed by atoms with Gasteiger partial charge in [-0.2, -0.15) is 0 Å². The number of rotatable bonds is 2. The van der Waals surface area contributed by atoms with E-state index in [1.54, 1.807) is 0 Å². The molecule has 1 atom stereocenters. The Labute approximate surface area is 79.4 Å². The van der Waals surface area contributed by atoms with Gasteiger partial charge in [0.05, 0.1) is 12.7 Å². The molecule has 0 amide bonds. The van der Waals surface area contributed by atoms with Crippen LogP contribution < -0.4 is 0 Å². The van der Waals surface area contributed by atoms with Crippen LogP contribution in [0.25, 0.3) is 0 Å². The molecule has 0 N–H and O–H groups in total. The van der Waals surface area contributed by atoms with Crippen LogP contribution in [-0.2, 0) is 4.74 Å². The van der Waals surface area contributed by atoms with E-state index < -0.39 is 0 Å². The van der Waals surface area contributed by atoms with Crippen molar-refractivity contribution in [1.82, 2.24) is 0 Å². The van der Waals surface area contributed by atoms with Gasteiger partial charge >= 0.3 is 0 Å². The molecule has 0 radical (unpaired) electrons. The Kier molecular flexibility index (Phi) is 4.07. The first-order valence-corrected chi connectivity index (χ1v) is 4.74. The van der Waals surface area contributed by atoms with Crippen molar-refractivity contribution < 1.29 is 9.13 Å². The molecule has 62 valence electrons. The molecule has 0 saturated carbocycles. The molecule has 1 rings (SSSR count). The molecule has 1 aliphatic rings. The largest absolute Gasteiger partial charge is 0.371 e. The quantitative estimate of drug-likeness (QED) is 0.699. The minimum Gasteiger partial charge on any atom is -0.371 e. The monoisotopic (exact) mass is 268 g/mol. The average Bonchev–Trinajstić information content (AvgIpc) is 2.07. The molecule has 0 saturated heterocycles. The molecule has 0 aromatic carbocycles. The molecule has 0 aliphatic carbocycles. The van der Waals surface area contributed by atoms with E-state index >= 15 is 0 Å². The van der Waals surface area contributed by atoms with E-state index in [2.05, 4.69) is 22.6 Å². The van der Waals surface area contributed by atoms with Crippen molar-refractivity contribution in [2.24, 2.45) is 0 Å². The molecule has 1 nitrogen and oxygen atoms in total. The van der Waals surface area contributed by atoms with E-state index in [-0.39, 0.29) is 12.8 Å². The lowest BCUT2D eigenvalue weighted by Crippen LogP contribution is -2.19. The molecule has 11 heavy (non-hydrogen) atoms. The Morgan fingerprint density at radius 1 is 1.82 bits per heavy atom. The van der Waals surface area contributed by atoms with E-state index in [1.807, 2.05) is 16.2 Å². The maximum absolute atomic E-state index is 12.0. The van der Waals surface area contributed by atoms with Crippen molar-refractivity contribution >= 4 is 22.6 Å². The van der Waals surface area contributed by atoms with Gasteiger partial charge in [0.1, 0.15) is 6.67 Å².